The van der Waals surface area contributed by atoms with Crippen LogP contribution in [0.25, 0.3) is 0 Å². The molecular formula is C28H20O2SSe. The molecule has 0 saturated heterocycles. The van der Waals surface area contributed by atoms with Gasteiger partial charge >= 0.3 is 199 Å². The number of thiophene rings is 1. The number of rotatable bonds is 7. The molecule has 4 rings (SSSR count). The van der Waals surface area contributed by atoms with Crippen molar-refractivity contribution in [2.75, 3.05) is 0 Å². The summed E-state index contributed by atoms with van der Waals surface area (Å²) in [6, 6.07) is 32.0. The Balaban J connectivity index is 1.76. The van der Waals surface area contributed by atoms with E-state index in [4.69, 9.17) is 0 Å². The van der Waals surface area contributed by atoms with E-state index in [1.165, 1.54) is 11.3 Å². The maximum atomic E-state index is 13.7. The van der Waals surface area contributed by atoms with Crippen LogP contribution in [0.3, 0.4) is 0 Å². The molecule has 0 bridgehead atoms. The van der Waals surface area contributed by atoms with Crippen molar-refractivity contribution in [1.82, 2.24) is 0 Å². The third-order valence-corrected chi connectivity index (χ3v) is 7.47. The number of ketones is 2. The first-order valence-electron chi connectivity index (χ1n) is 10.2. The Hall–Kier alpha value is -3.22. The van der Waals surface area contributed by atoms with Gasteiger partial charge in [0, 0.05) is 0 Å². The zero-order valence-electron chi connectivity index (χ0n) is 17.2. The summed E-state index contributed by atoms with van der Waals surface area (Å²) in [6.07, 6.45) is 0. The van der Waals surface area contributed by atoms with Crippen LogP contribution >= 0.6 is 11.3 Å². The summed E-state index contributed by atoms with van der Waals surface area (Å²) in [5.74, 6) is 1.52. The third kappa shape index (κ3) is 5.33. The van der Waals surface area contributed by atoms with Gasteiger partial charge in [-0.1, -0.05) is 0 Å². The second-order valence-electron chi connectivity index (χ2n) is 7.09. The average Bonchev–Trinajstić information content (AvgIpc) is 3.39. The summed E-state index contributed by atoms with van der Waals surface area (Å²) in [7, 11) is 0. The molecule has 156 valence electrons. The first kappa shape index (κ1) is 22.0. The van der Waals surface area contributed by atoms with Crippen LogP contribution in [0, 0.1) is 16.7 Å². The predicted octanol–water partition coefficient (Wildman–Crippen LogP) is 5.20. The summed E-state index contributed by atoms with van der Waals surface area (Å²) < 4.78 is 1.16. The molecule has 0 saturated carbocycles. The number of hydrogen-bond acceptors (Lipinski definition) is 3. The number of hydrogen-bond donors (Lipinski definition) is 0. The van der Waals surface area contributed by atoms with Crippen molar-refractivity contribution in [1.29, 1.82) is 0 Å². The molecule has 3 aromatic carbocycles. The van der Waals surface area contributed by atoms with Gasteiger partial charge in [-0.3, -0.25) is 0 Å². The molecule has 0 amide bonds. The Morgan fingerprint density at radius 1 is 0.688 bits per heavy atom. The van der Waals surface area contributed by atoms with Gasteiger partial charge in [-0.05, 0) is 0 Å². The molecule has 0 spiro atoms. The van der Waals surface area contributed by atoms with Gasteiger partial charge in [-0.25, -0.2) is 0 Å². The van der Waals surface area contributed by atoms with Gasteiger partial charge in [0.25, 0.3) is 0 Å². The summed E-state index contributed by atoms with van der Waals surface area (Å²) in [6.45, 7) is 0. The SMILES string of the molecule is O=C(c1ccccc1)C(C(=O)c1ccccc1)C(C#C[Se]c1ccccc1)c1cccs1. The van der Waals surface area contributed by atoms with Crippen LogP contribution in [-0.4, -0.2) is 26.5 Å². The van der Waals surface area contributed by atoms with Crippen molar-refractivity contribution in [3.63, 3.8) is 0 Å². The molecule has 1 unspecified atom stereocenters. The first-order chi connectivity index (χ1) is 15.7. The minimum absolute atomic E-state index is 0.0626. The van der Waals surface area contributed by atoms with Crippen molar-refractivity contribution < 1.29 is 9.59 Å². The van der Waals surface area contributed by atoms with Crippen LogP contribution in [0.2, 0.25) is 0 Å². The summed E-state index contributed by atoms with van der Waals surface area (Å²) >= 11 is 1.47. The summed E-state index contributed by atoms with van der Waals surface area (Å²) in [5.41, 5.74) is 1.05. The number of carbonyl (C=O) groups excluding carboxylic acids is 2. The van der Waals surface area contributed by atoms with E-state index in [-0.39, 0.29) is 26.5 Å². The maximum absolute atomic E-state index is 13.7. The Labute approximate surface area is 198 Å². The monoisotopic (exact) mass is 500 g/mol. The van der Waals surface area contributed by atoms with E-state index in [9.17, 15) is 9.59 Å². The standard InChI is InChI=1S/C28H20O2SSe/c29-27(21-11-4-1-5-12-21)26(28(30)22-13-6-2-7-14-22)24(25-17-10-19-31-25)18-20-32-23-15-8-3-9-16-23/h1-17,19,24,26H. The van der Waals surface area contributed by atoms with E-state index in [0.29, 0.717) is 11.1 Å². The molecule has 1 heterocycles. The molecule has 2 nitrogen and oxygen atoms in total. The molecule has 1 atom stereocenters. The summed E-state index contributed by atoms with van der Waals surface area (Å²) in [4.78, 5) is 31.5. The van der Waals surface area contributed by atoms with Crippen LogP contribution in [0.1, 0.15) is 31.5 Å². The average molecular weight is 499 g/mol. The van der Waals surface area contributed by atoms with Gasteiger partial charge in [0.2, 0.25) is 0 Å². The van der Waals surface area contributed by atoms with Crippen LogP contribution < -0.4 is 4.46 Å². The van der Waals surface area contributed by atoms with E-state index < -0.39 is 11.8 Å². The molecule has 0 aliphatic rings. The van der Waals surface area contributed by atoms with Crippen LogP contribution in [0.5, 0.6) is 0 Å². The van der Waals surface area contributed by atoms with Gasteiger partial charge in [0.05, 0.1) is 0 Å². The van der Waals surface area contributed by atoms with Gasteiger partial charge in [-0.15, -0.1) is 0 Å². The second-order valence-corrected chi connectivity index (χ2v) is 9.92. The van der Waals surface area contributed by atoms with E-state index in [2.05, 4.69) is 22.9 Å². The Morgan fingerprint density at radius 3 is 1.72 bits per heavy atom. The predicted molar refractivity (Wildman–Crippen MR) is 132 cm³/mol. The van der Waals surface area contributed by atoms with Crippen molar-refractivity contribution in [2.24, 2.45) is 5.92 Å². The fourth-order valence-electron chi connectivity index (χ4n) is 3.41. The van der Waals surface area contributed by atoms with Crippen molar-refractivity contribution in [2.45, 2.75) is 5.92 Å². The Kier molecular flexibility index (Phi) is 7.48. The van der Waals surface area contributed by atoms with Crippen molar-refractivity contribution in [3.8, 4) is 10.7 Å². The molecule has 32 heavy (non-hydrogen) atoms. The van der Waals surface area contributed by atoms with E-state index in [1.807, 2.05) is 72.1 Å². The van der Waals surface area contributed by atoms with E-state index in [1.54, 1.807) is 24.3 Å². The van der Waals surface area contributed by atoms with Gasteiger partial charge in [-0.2, -0.15) is 0 Å². The summed E-state index contributed by atoms with van der Waals surface area (Å²) in [5, 5.41) is 1.96. The second kappa shape index (κ2) is 10.9. The Morgan fingerprint density at radius 2 is 1.22 bits per heavy atom. The number of Topliss-reactive ketones (excluding diaryl/α,β-unsaturated/α-hetero) is 2. The van der Waals surface area contributed by atoms with Gasteiger partial charge < -0.3 is 0 Å². The molecule has 0 radical (unpaired) electrons. The molecule has 0 N–H and O–H groups in total. The van der Waals surface area contributed by atoms with Gasteiger partial charge in [0.1, 0.15) is 0 Å². The fourth-order valence-corrected chi connectivity index (χ4v) is 5.48. The quantitative estimate of drug-likeness (QED) is 0.152. The van der Waals surface area contributed by atoms with E-state index >= 15 is 0 Å². The minimum atomic E-state index is -0.905. The molecular weight excluding hydrogens is 479 g/mol. The number of benzene rings is 3. The normalized spacial score (nSPS) is 11.4. The number of carbonyl (C=O) groups is 2. The van der Waals surface area contributed by atoms with E-state index in [0.717, 1.165) is 9.34 Å². The zero-order chi connectivity index (χ0) is 22.2. The van der Waals surface area contributed by atoms with Crippen molar-refractivity contribution >= 4 is 42.3 Å². The molecule has 0 fully saturated rings. The van der Waals surface area contributed by atoms with Crippen LogP contribution in [0.4, 0.5) is 0 Å². The van der Waals surface area contributed by atoms with Crippen LogP contribution in [0.15, 0.2) is 109 Å². The van der Waals surface area contributed by atoms with Crippen molar-refractivity contribution in [3.05, 3.63) is 125 Å². The first-order valence-corrected chi connectivity index (χ1v) is 12.8. The third-order valence-electron chi connectivity index (χ3n) is 4.99. The topological polar surface area (TPSA) is 34.1 Å². The zero-order valence-corrected chi connectivity index (χ0v) is 19.7. The molecule has 0 aliphatic carbocycles. The van der Waals surface area contributed by atoms with Crippen LogP contribution in [-0.2, 0) is 0 Å². The molecule has 4 aromatic rings. The Bertz CT molecular complexity index is 1170. The van der Waals surface area contributed by atoms with Gasteiger partial charge in [0.15, 0.2) is 0 Å². The molecule has 1 aromatic heterocycles. The molecule has 0 aliphatic heterocycles. The molecule has 4 heteroatoms. The fraction of sp³-hybridized carbons (Fsp3) is 0.0714.